The first kappa shape index (κ1) is 13.4. The third kappa shape index (κ3) is 2.85. The normalized spacial score (nSPS) is 12.2. The fourth-order valence-electron chi connectivity index (χ4n) is 1.95. The monoisotopic (exact) mass is 258 g/mol. The smallest absolute Gasteiger partial charge is 0.259 e. The SMILES string of the molecule is CNC(C)c1ccccc1NC(=O)c1ccoc1C. The molecule has 0 radical (unpaired) electrons. The van der Waals surface area contributed by atoms with Crippen LogP contribution in [0.1, 0.15) is 34.6 Å². The van der Waals surface area contributed by atoms with E-state index in [1.54, 1.807) is 13.0 Å². The van der Waals surface area contributed by atoms with Crippen molar-refractivity contribution >= 4 is 11.6 Å². The molecule has 1 unspecified atom stereocenters. The molecule has 0 saturated carbocycles. The van der Waals surface area contributed by atoms with Gasteiger partial charge in [-0.15, -0.1) is 0 Å². The van der Waals surface area contributed by atoms with E-state index in [1.807, 2.05) is 38.2 Å². The zero-order valence-corrected chi connectivity index (χ0v) is 11.4. The summed E-state index contributed by atoms with van der Waals surface area (Å²) in [5.74, 6) is 0.471. The Labute approximate surface area is 112 Å². The summed E-state index contributed by atoms with van der Waals surface area (Å²) < 4.78 is 5.15. The maximum absolute atomic E-state index is 12.2. The van der Waals surface area contributed by atoms with Crippen molar-refractivity contribution in [2.24, 2.45) is 0 Å². The van der Waals surface area contributed by atoms with E-state index in [0.717, 1.165) is 11.3 Å². The standard InChI is InChI=1S/C15H18N2O2/c1-10(16-3)12-6-4-5-7-14(12)17-15(18)13-8-9-19-11(13)2/h4-10,16H,1-3H3,(H,17,18). The van der Waals surface area contributed by atoms with Crippen molar-refractivity contribution in [3.63, 3.8) is 0 Å². The summed E-state index contributed by atoms with van der Waals surface area (Å²) in [6, 6.07) is 9.61. The Hall–Kier alpha value is -2.07. The molecule has 2 rings (SSSR count). The maximum Gasteiger partial charge on any atom is 0.259 e. The van der Waals surface area contributed by atoms with E-state index in [-0.39, 0.29) is 11.9 Å². The zero-order chi connectivity index (χ0) is 13.8. The molecule has 1 amide bonds. The third-order valence-electron chi connectivity index (χ3n) is 3.21. The number of amides is 1. The summed E-state index contributed by atoms with van der Waals surface area (Å²) >= 11 is 0. The van der Waals surface area contributed by atoms with Gasteiger partial charge < -0.3 is 15.1 Å². The second kappa shape index (κ2) is 5.71. The summed E-state index contributed by atoms with van der Waals surface area (Å²) in [5.41, 5.74) is 2.43. The first-order valence-electron chi connectivity index (χ1n) is 6.25. The van der Waals surface area contributed by atoms with E-state index in [9.17, 15) is 4.79 Å². The minimum atomic E-state index is -0.151. The summed E-state index contributed by atoms with van der Waals surface area (Å²) in [4.78, 5) is 12.2. The fraction of sp³-hybridized carbons (Fsp3) is 0.267. The van der Waals surface area contributed by atoms with Crippen molar-refractivity contribution in [3.05, 3.63) is 53.5 Å². The van der Waals surface area contributed by atoms with Crippen LogP contribution >= 0.6 is 0 Å². The van der Waals surface area contributed by atoms with Crippen molar-refractivity contribution in [1.82, 2.24) is 5.32 Å². The highest BCUT2D eigenvalue weighted by molar-refractivity contribution is 6.05. The Balaban J connectivity index is 2.24. The number of aryl methyl sites for hydroxylation is 1. The van der Waals surface area contributed by atoms with Crippen LogP contribution in [0.5, 0.6) is 0 Å². The molecule has 0 aliphatic carbocycles. The van der Waals surface area contributed by atoms with Crippen LogP contribution in [0.15, 0.2) is 41.0 Å². The molecule has 1 heterocycles. The summed E-state index contributed by atoms with van der Waals surface area (Å²) in [7, 11) is 1.89. The average Bonchev–Trinajstić information content (AvgIpc) is 2.85. The first-order chi connectivity index (χ1) is 9.13. The fourth-order valence-corrected chi connectivity index (χ4v) is 1.95. The Morgan fingerprint density at radius 3 is 2.63 bits per heavy atom. The second-order valence-electron chi connectivity index (χ2n) is 4.44. The number of hydrogen-bond donors (Lipinski definition) is 2. The van der Waals surface area contributed by atoms with E-state index in [1.165, 1.54) is 6.26 Å². The van der Waals surface area contributed by atoms with Gasteiger partial charge in [-0.2, -0.15) is 0 Å². The highest BCUT2D eigenvalue weighted by Crippen LogP contribution is 2.23. The highest BCUT2D eigenvalue weighted by atomic mass is 16.3. The van der Waals surface area contributed by atoms with Crippen LogP contribution in [-0.4, -0.2) is 13.0 Å². The van der Waals surface area contributed by atoms with Crippen molar-refractivity contribution in [2.45, 2.75) is 19.9 Å². The molecule has 0 saturated heterocycles. The molecule has 4 heteroatoms. The minimum absolute atomic E-state index is 0.151. The molecule has 100 valence electrons. The van der Waals surface area contributed by atoms with Crippen LogP contribution in [0.25, 0.3) is 0 Å². The lowest BCUT2D eigenvalue weighted by Crippen LogP contribution is -2.18. The van der Waals surface area contributed by atoms with Crippen LogP contribution in [0, 0.1) is 6.92 Å². The molecular weight excluding hydrogens is 240 g/mol. The predicted octanol–water partition coefficient (Wildman–Crippen LogP) is 3.12. The third-order valence-corrected chi connectivity index (χ3v) is 3.21. The highest BCUT2D eigenvalue weighted by Gasteiger charge is 2.14. The quantitative estimate of drug-likeness (QED) is 0.886. The summed E-state index contributed by atoms with van der Waals surface area (Å²) in [6.45, 7) is 3.82. The molecule has 19 heavy (non-hydrogen) atoms. The Bertz CT molecular complexity index is 575. The van der Waals surface area contributed by atoms with E-state index >= 15 is 0 Å². The minimum Gasteiger partial charge on any atom is -0.469 e. The van der Waals surface area contributed by atoms with Gasteiger partial charge in [-0.05, 0) is 38.6 Å². The number of carbonyl (C=O) groups is 1. The first-order valence-corrected chi connectivity index (χ1v) is 6.25. The average molecular weight is 258 g/mol. The van der Waals surface area contributed by atoms with Gasteiger partial charge in [0.1, 0.15) is 5.76 Å². The molecule has 0 spiro atoms. The van der Waals surface area contributed by atoms with Crippen molar-refractivity contribution in [3.8, 4) is 0 Å². The molecule has 0 aliphatic heterocycles. The van der Waals surface area contributed by atoms with Crippen molar-refractivity contribution in [1.29, 1.82) is 0 Å². The topological polar surface area (TPSA) is 54.3 Å². The molecule has 0 bridgehead atoms. The molecule has 1 aromatic carbocycles. The number of nitrogens with one attached hydrogen (secondary N) is 2. The van der Waals surface area contributed by atoms with Crippen LogP contribution in [0.4, 0.5) is 5.69 Å². The Kier molecular flexibility index (Phi) is 4.02. The van der Waals surface area contributed by atoms with Gasteiger partial charge in [-0.1, -0.05) is 18.2 Å². The molecule has 2 aromatic rings. The number of furan rings is 1. The molecular formula is C15H18N2O2. The number of hydrogen-bond acceptors (Lipinski definition) is 3. The number of anilines is 1. The van der Waals surface area contributed by atoms with Gasteiger partial charge in [0.15, 0.2) is 0 Å². The zero-order valence-electron chi connectivity index (χ0n) is 11.4. The van der Waals surface area contributed by atoms with Crippen LogP contribution in [0.2, 0.25) is 0 Å². The van der Waals surface area contributed by atoms with Gasteiger partial charge in [0.25, 0.3) is 5.91 Å². The number of benzene rings is 1. The van der Waals surface area contributed by atoms with E-state index < -0.39 is 0 Å². The lowest BCUT2D eigenvalue weighted by atomic mass is 10.1. The van der Waals surface area contributed by atoms with E-state index in [2.05, 4.69) is 10.6 Å². The van der Waals surface area contributed by atoms with Crippen LogP contribution in [-0.2, 0) is 0 Å². The van der Waals surface area contributed by atoms with Gasteiger partial charge >= 0.3 is 0 Å². The molecule has 1 aromatic heterocycles. The number of rotatable bonds is 4. The van der Waals surface area contributed by atoms with Gasteiger partial charge in [-0.3, -0.25) is 4.79 Å². The van der Waals surface area contributed by atoms with Gasteiger partial charge in [-0.25, -0.2) is 0 Å². The van der Waals surface area contributed by atoms with Crippen LogP contribution in [0.3, 0.4) is 0 Å². The van der Waals surface area contributed by atoms with Crippen molar-refractivity contribution in [2.75, 3.05) is 12.4 Å². The lowest BCUT2D eigenvalue weighted by Gasteiger charge is -2.16. The predicted molar refractivity (Wildman–Crippen MR) is 75.3 cm³/mol. The van der Waals surface area contributed by atoms with Crippen molar-refractivity contribution < 1.29 is 9.21 Å². The number of carbonyl (C=O) groups excluding carboxylic acids is 1. The van der Waals surface area contributed by atoms with Gasteiger partial charge in [0.2, 0.25) is 0 Å². The summed E-state index contributed by atoms with van der Waals surface area (Å²) in [6.07, 6.45) is 1.52. The van der Waals surface area contributed by atoms with E-state index in [0.29, 0.717) is 11.3 Å². The van der Waals surface area contributed by atoms with Gasteiger partial charge in [0, 0.05) is 11.7 Å². The van der Waals surface area contributed by atoms with Gasteiger partial charge in [0.05, 0.1) is 11.8 Å². The molecule has 2 N–H and O–H groups in total. The Morgan fingerprint density at radius 2 is 2.00 bits per heavy atom. The second-order valence-corrected chi connectivity index (χ2v) is 4.44. The number of para-hydroxylation sites is 1. The maximum atomic E-state index is 12.2. The summed E-state index contributed by atoms with van der Waals surface area (Å²) in [5, 5.41) is 6.10. The molecule has 0 aliphatic rings. The molecule has 1 atom stereocenters. The molecule has 4 nitrogen and oxygen atoms in total. The molecule has 0 fully saturated rings. The van der Waals surface area contributed by atoms with Crippen LogP contribution < -0.4 is 10.6 Å². The lowest BCUT2D eigenvalue weighted by molar-refractivity contribution is 0.102. The largest absolute Gasteiger partial charge is 0.469 e. The van der Waals surface area contributed by atoms with E-state index in [4.69, 9.17) is 4.42 Å². The Morgan fingerprint density at radius 1 is 1.26 bits per heavy atom.